The van der Waals surface area contributed by atoms with Gasteiger partial charge in [-0.1, -0.05) is 76.6 Å². The van der Waals surface area contributed by atoms with Crippen LogP contribution in [0, 0.1) is 0 Å². The Hall–Kier alpha value is -2.14. The van der Waals surface area contributed by atoms with E-state index in [0.717, 1.165) is 56.0 Å². The SMILES string of the molecule is Brc1ccc(OCCCN2CCN(C(c3ccccc3)c3ccccc3)CC2)cc1. The van der Waals surface area contributed by atoms with Gasteiger partial charge in [0.1, 0.15) is 5.75 Å². The predicted octanol–water partition coefficient (Wildman–Crippen LogP) is 5.63. The predicted molar refractivity (Wildman–Crippen MR) is 127 cm³/mol. The standard InChI is InChI=1S/C26H29BrN2O/c27-24-12-14-25(15-13-24)30-21-7-16-28-17-19-29(20-18-28)26(22-8-3-1-4-9-22)23-10-5-2-6-11-23/h1-6,8-15,26H,7,16-21H2. The molecule has 0 aliphatic carbocycles. The Balaban J connectivity index is 1.28. The molecule has 3 nitrogen and oxygen atoms in total. The smallest absolute Gasteiger partial charge is 0.119 e. The van der Waals surface area contributed by atoms with Crippen LogP contribution in [0.1, 0.15) is 23.6 Å². The molecule has 0 atom stereocenters. The Morgan fingerprint density at radius 1 is 0.733 bits per heavy atom. The fourth-order valence-electron chi connectivity index (χ4n) is 4.14. The van der Waals surface area contributed by atoms with Gasteiger partial charge in [-0.2, -0.15) is 0 Å². The minimum Gasteiger partial charge on any atom is -0.494 e. The van der Waals surface area contributed by atoms with Gasteiger partial charge in [0.05, 0.1) is 12.6 Å². The zero-order valence-corrected chi connectivity index (χ0v) is 18.9. The molecule has 4 rings (SSSR count). The van der Waals surface area contributed by atoms with E-state index in [4.69, 9.17) is 4.74 Å². The molecular formula is C26H29BrN2O. The molecule has 0 saturated carbocycles. The van der Waals surface area contributed by atoms with E-state index in [0.29, 0.717) is 6.04 Å². The third-order valence-electron chi connectivity index (χ3n) is 5.70. The highest BCUT2D eigenvalue weighted by molar-refractivity contribution is 9.10. The number of benzene rings is 3. The van der Waals surface area contributed by atoms with Gasteiger partial charge in [-0.15, -0.1) is 0 Å². The van der Waals surface area contributed by atoms with Gasteiger partial charge in [-0.3, -0.25) is 4.90 Å². The molecule has 156 valence electrons. The van der Waals surface area contributed by atoms with Gasteiger partial charge in [0.2, 0.25) is 0 Å². The number of hydrogen-bond donors (Lipinski definition) is 0. The van der Waals surface area contributed by atoms with Crippen molar-refractivity contribution in [3.63, 3.8) is 0 Å². The van der Waals surface area contributed by atoms with Crippen LogP contribution in [0.5, 0.6) is 5.75 Å². The number of piperazine rings is 1. The zero-order chi connectivity index (χ0) is 20.6. The highest BCUT2D eigenvalue weighted by Gasteiger charge is 2.26. The Kier molecular flexibility index (Phi) is 7.57. The molecule has 3 aromatic carbocycles. The van der Waals surface area contributed by atoms with Crippen molar-refractivity contribution in [2.75, 3.05) is 39.3 Å². The van der Waals surface area contributed by atoms with Crippen molar-refractivity contribution >= 4 is 15.9 Å². The second-order valence-corrected chi connectivity index (χ2v) is 8.67. The molecule has 0 bridgehead atoms. The summed E-state index contributed by atoms with van der Waals surface area (Å²) in [6, 6.07) is 30.2. The van der Waals surface area contributed by atoms with Gasteiger partial charge in [-0.05, 0) is 41.8 Å². The second-order valence-electron chi connectivity index (χ2n) is 7.76. The number of rotatable bonds is 8. The average Bonchev–Trinajstić information content (AvgIpc) is 2.80. The maximum Gasteiger partial charge on any atom is 0.119 e. The van der Waals surface area contributed by atoms with Gasteiger partial charge in [0.15, 0.2) is 0 Å². The molecule has 1 aliphatic heterocycles. The molecule has 1 saturated heterocycles. The fraction of sp³-hybridized carbons (Fsp3) is 0.308. The monoisotopic (exact) mass is 464 g/mol. The number of nitrogens with zero attached hydrogens (tertiary/aromatic N) is 2. The number of halogens is 1. The van der Waals surface area contributed by atoms with Crippen molar-refractivity contribution in [3.8, 4) is 5.75 Å². The topological polar surface area (TPSA) is 15.7 Å². The molecule has 1 aliphatic rings. The van der Waals surface area contributed by atoms with E-state index in [-0.39, 0.29) is 0 Å². The van der Waals surface area contributed by atoms with Crippen LogP contribution in [-0.2, 0) is 0 Å². The van der Waals surface area contributed by atoms with Crippen LogP contribution in [0.3, 0.4) is 0 Å². The van der Waals surface area contributed by atoms with Crippen molar-refractivity contribution in [2.24, 2.45) is 0 Å². The van der Waals surface area contributed by atoms with Crippen LogP contribution in [0.25, 0.3) is 0 Å². The van der Waals surface area contributed by atoms with Gasteiger partial charge in [0, 0.05) is 37.2 Å². The highest BCUT2D eigenvalue weighted by Crippen LogP contribution is 2.29. The van der Waals surface area contributed by atoms with E-state index in [1.54, 1.807) is 0 Å². The van der Waals surface area contributed by atoms with E-state index in [2.05, 4.69) is 86.4 Å². The normalized spacial score (nSPS) is 15.4. The molecule has 3 aromatic rings. The zero-order valence-electron chi connectivity index (χ0n) is 17.3. The molecule has 1 heterocycles. The van der Waals surface area contributed by atoms with E-state index >= 15 is 0 Å². The van der Waals surface area contributed by atoms with E-state index in [1.807, 2.05) is 24.3 Å². The molecular weight excluding hydrogens is 436 g/mol. The summed E-state index contributed by atoms with van der Waals surface area (Å²) in [6.45, 7) is 6.23. The Bertz CT molecular complexity index is 838. The molecule has 0 unspecified atom stereocenters. The van der Waals surface area contributed by atoms with Crippen LogP contribution in [0.2, 0.25) is 0 Å². The highest BCUT2D eigenvalue weighted by atomic mass is 79.9. The molecule has 0 spiro atoms. The maximum atomic E-state index is 5.87. The van der Waals surface area contributed by atoms with Gasteiger partial charge in [-0.25, -0.2) is 0 Å². The van der Waals surface area contributed by atoms with Crippen LogP contribution in [-0.4, -0.2) is 49.1 Å². The first-order valence-electron chi connectivity index (χ1n) is 10.7. The van der Waals surface area contributed by atoms with Crippen LogP contribution in [0.15, 0.2) is 89.4 Å². The van der Waals surface area contributed by atoms with Gasteiger partial charge in [0.25, 0.3) is 0 Å². The van der Waals surface area contributed by atoms with Crippen molar-refractivity contribution in [1.82, 2.24) is 9.80 Å². The summed E-state index contributed by atoms with van der Waals surface area (Å²) in [5.41, 5.74) is 2.75. The number of hydrogen-bond acceptors (Lipinski definition) is 3. The minimum absolute atomic E-state index is 0.329. The molecule has 0 radical (unpaired) electrons. The maximum absolute atomic E-state index is 5.87. The first-order chi connectivity index (χ1) is 14.8. The Morgan fingerprint density at radius 2 is 1.30 bits per heavy atom. The Labute approximate surface area is 188 Å². The number of ether oxygens (including phenoxy) is 1. The van der Waals surface area contributed by atoms with Crippen LogP contribution in [0.4, 0.5) is 0 Å². The lowest BCUT2D eigenvalue weighted by atomic mass is 9.96. The first-order valence-corrected chi connectivity index (χ1v) is 11.5. The van der Waals surface area contributed by atoms with Crippen LogP contribution >= 0.6 is 15.9 Å². The third kappa shape index (κ3) is 5.72. The summed E-state index contributed by atoms with van der Waals surface area (Å²) >= 11 is 3.46. The summed E-state index contributed by atoms with van der Waals surface area (Å²) < 4.78 is 6.95. The van der Waals surface area contributed by atoms with Crippen LogP contribution < -0.4 is 4.74 Å². The van der Waals surface area contributed by atoms with E-state index < -0.39 is 0 Å². The average molecular weight is 465 g/mol. The molecule has 4 heteroatoms. The molecule has 30 heavy (non-hydrogen) atoms. The van der Waals surface area contributed by atoms with Gasteiger partial charge < -0.3 is 9.64 Å². The van der Waals surface area contributed by atoms with E-state index in [1.165, 1.54) is 11.1 Å². The lowest BCUT2D eigenvalue weighted by Gasteiger charge is -2.39. The van der Waals surface area contributed by atoms with Gasteiger partial charge >= 0.3 is 0 Å². The molecule has 0 N–H and O–H groups in total. The summed E-state index contributed by atoms with van der Waals surface area (Å²) in [5, 5.41) is 0. The van der Waals surface area contributed by atoms with E-state index in [9.17, 15) is 0 Å². The lowest BCUT2D eigenvalue weighted by molar-refractivity contribution is 0.105. The second kappa shape index (κ2) is 10.8. The van der Waals surface area contributed by atoms with Crippen molar-refractivity contribution in [1.29, 1.82) is 0 Å². The summed E-state index contributed by atoms with van der Waals surface area (Å²) in [5.74, 6) is 0.941. The largest absolute Gasteiger partial charge is 0.494 e. The fourth-order valence-corrected chi connectivity index (χ4v) is 4.40. The van der Waals surface area contributed by atoms with Crippen molar-refractivity contribution in [3.05, 3.63) is 101 Å². The lowest BCUT2D eigenvalue weighted by Crippen LogP contribution is -2.48. The molecule has 0 amide bonds. The Morgan fingerprint density at radius 3 is 1.87 bits per heavy atom. The quantitative estimate of drug-likeness (QED) is 0.402. The minimum atomic E-state index is 0.329. The molecule has 1 fully saturated rings. The summed E-state index contributed by atoms with van der Waals surface area (Å²) in [4.78, 5) is 5.19. The first kappa shape index (κ1) is 21.1. The third-order valence-corrected chi connectivity index (χ3v) is 6.23. The molecule has 0 aromatic heterocycles. The van der Waals surface area contributed by atoms with Crippen molar-refractivity contribution in [2.45, 2.75) is 12.5 Å². The summed E-state index contributed by atoms with van der Waals surface area (Å²) in [7, 11) is 0. The summed E-state index contributed by atoms with van der Waals surface area (Å²) in [6.07, 6.45) is 1.05. The van der Waals surface area contributed by atoms with Crippen molar-refractivity contribution < 1.29 is 4.74 Å².